The SMILES string of the molecule is CCCc1cnc(C#N)c(SCC2CCC2)c1. The largest absolute Gasteiger partial charge is 0.244 e. The van der Waals surface area contributed by atoms with Gasteiger partial charge in [-0.15, -0.1) is 11.8 Å². The molecule has 1 heterocycles. The standard InChI is InChI=1S/C14H18N2S/c1-2-4-12-7-14(13(8-15)16-9-12)17-10-11-5-3-6-11/h7,9,11H,2-6,10H2,1H3. The molecule has 0 atom stereocenters. The predicted octanol–water partition coefficient (Wildman–Crippen LogP) is 3.80. The molecule has 0 amide bonds. The van der Waals surface area contributed by atoms with Crippen LogP contribution in [0, 0.1) is 17.2 Å². The first-order valence-corrected chi connectivity index (χ1v) is 7.34. The van der Waals surface area contributed by atoms with Gasteiger partial charge in [0.15, 0.2) is 5.69 Å². The molecule has 1 aromatic rings. The van der Waals surface area contributed by atoms with Gasteiger partial charge in [-0.3, -0.25) is 0 Å². The van der Waals surface area contributed by atoms with Crippen LogP contribution in [0.15, 0.2) is 17.2 Å². The van der Waals surface area contributed by atoms with Gasteiger partial charge in [-0.1, -0.05) is 19.8 Å². The van der Waals surface area contributed by atoms with Gasteiger partial charge in [0.25, 0.3) is 0 Å². The molecular formula is C14H18N2S. The first-order valence-electron chi connectivity index (χ1n) is 6.35. The van der Waals surface area contributed by atoms with Crippen LogP contribution >= 0.6 is 11.8 Å². The maximum atomic E-state index is 9.05. The van der Waals surface area contributed by atoms with Crippen molar-refractivity contribution in [3.05, 3.63) is 23.5 Å². The highest BCUT2D eigenvalue weighted by Crippen LogP contribution is 2.33. The van der Waals surface area contributed by atoms with Gasteiger partial charge in [-0.05, 0) is 36.8 Å². The lowest BCUT2D eigenvalue weighted by Gasteiger charge is -2.24. The Kier molecular flexibility index (Phi) is 4.44. The van der Waals surface area contributed by atoms with Crippen molar-refractivity contribution in [1.82, 2.24) is 4.98 Å². The van der Waals surface area contributed by atoms with E-state index < -0.39 is 0 Å². The van der Waals surface area contributed by atoms with E-state index in [1.54, 1.807) is 0 Å². The smallest absolute Gasteiger partial charge is 0.153 e. The first-order chi connectivity index (χ1) is 8.33. The maximum Gasteiger partial charge on any atom is 0.153 e. The van der Waals surface area contributed by atoms with Crippen molar-refractivity contribution in [1.29, 1.82) is 5.26 Å². The topological polar surface area (TPSA) is 36.7 Å². The molecule has 0 bridgehead atoms. The quantitative estimate of drug-likeness (QED) is 0.741. The molecule has 3 heteroatoms. The monoisotopic (exact) mass is 246 g/mol. The second-order valence-electron chi connectivity index (χ2n) is 4.66. The third-order valence-corrected chi connectivity index (χ3v) is 4.51. The molecule has 0 spiro atoms. The Morgan fingerprint density at radius 1 is 1.53 bits per heavy atom. The number of rotatable bonds is 5. The van der Waals surface area contributed by atoms with Crippen LogP contribution in [0.5, 0.6) is 0 Å². The number of thioether (sulfide) groups is 1. The minimum Gasteiger partial charge on any atom is -0.244 e. The van der Waals surface area contributed by atoms with Gasteiger partial charge in [0, 0.05) is 16.8 Å². The first kappa shape index (κ1) is 12.4. The molecule has 1 aromatic heterocycles. The zero-order chi connectivity index (χ0) is 12.1. The number of nitriles is 1. The molecule has 1 aliphatic carbocycles. The van der Waals surface area contributed by atoms with E-state index in [2.05, 4.69) is 24.0 Å². The summed E-state index contributed by atoms with van der Waals surface area (Å²) in [7, 11) is 0. The molecule has 2 nitrogen and oxygen atoms in total. The number of nitrogens with zero attached hydrogens (tertiary/aromatic N) is 2. The lowest BCUT2D eigenvalue weighted by atomic mass is 9.87. The Bertz CT molecular complexity index is 419. The van der Waals surface area contributed by atoms with E-state index in [0.29, 0.717) is 5.69 Å². The normalized spacial score (nSPS) is 15.3. The average Bonchev–Trinajstić information content (AvgIpc) is 2.28. The van der Waals surface area contributed by atoms with Gasteiger partial charge in [-0.2, -0.15) is 5.26 Å². The summed E-state index contributed by atoms with van der Waals surface area (Å²) >= 11 is 1.81. The van der Waals surface area contributed by atoms with Crippen LogP contribution < -0.4 is 0 Å². The lowest BCUT2D eigenvalue weighted by Crippen LogP contribution is -2.13. The summed E-state index contributed by atoms with van der Waals surface area (Å²) in [4.78, 5) is 5.33. The van der Waals surface area contributed by atoms with E-state index in [9.17, 15) is 0 Å². The van der Waals surface area contributed by atoms with Crippen molar-refractivity contribution >= 4 is 11.8 Å². The van der Waals surface area contributed by atoms with Crippen LogP contribution in [0.1, 0.15) is 43.9 Å². The summed E-state index contributed by atoms with van der Waals surface area (Å²) in [5.74, 6) is 2.01. The number of pyridine rings is 1. The maximum absolute atomic E-state index is 9.05. The average molecular weight is 246 g/mol. The molecule has 0 radical (unpaired) electrons. The minimum atomic E-state index is 0.592. The van der Waals surface area contributed by atoms with Crippen molar-refractivity contribution in [3.63, 3.8) is 0 Å². The fourth-order valence-corrected chi connectivity index (χ4v) is 3.19. The minimum absolute atomic E-state index is 0.592. The van der Waals surface area contributed by atoms with Crippen LogP contribution in [-0.2, 0) is 6.42 Å². The van der Waals surface area contributed by atoms with Gasteiger partial charge in [0.1, 0.15) is 6.07 Å². The van der Waals surface area contributed by atoms with Gasteiger partial charge in [-0.25, -0.2) is 4.98 Å². The Hall–Kier alpha value is -1.01. The molecule has 1 saturated carbocycles. The number of hydrogen-bond acceptors (Lipinski definition) is 3. The molecule has 0 aromatic carbocycles. The van der Waals surface area contributed by atoms with E-state index in [1.165, 1.54) is 24.8 Å². The van der Waals surface area contributed by atoms with Crippen LogP contribution in [0.3, 0.4) is 0 Å². The molecule has 0 N–H and O–H groups in total. The van der Waals surface area contributed by atoms with Gasteiger partial charge in [0.2, 0.25) is 0 Å². The van der Waals surface area contributed by atoms with E-state index in [-0.39, 0.29) is 0 Å². The molecule has 1 aliphatic rings. The summed E-state index contributed by atoms with van der Waals surface area (Å²) in [5.41, 5.74) is 1.84. The molecule has 2 rings (SSSR count). The van der Waals surface area contributed by atoms with Crippen LogP contribution in [0.25, 0.3) is 0 Å². The zero-order valence-electron chi connectivity index (χ0n) is 10.3. The van der Waals surface area contributed by atoms with E-state index in [1.807, 2.05) is 18.0 Å². The highest BCUT2D eigenvalue weighted by Gasteiger charge is 2.18. The summed E-state index contributed by atoms with van der Waals surface area (Å²) < 4.78 is 0. The van der Waals surface area contributed by atoms with E-state index in [4.69, 9.17) is 5.26 Å². The lowest BCUT2D eigenvalue weighted by molar-refractivity contribution is 0.353. The van der Waals surface area contributed by atoms with Crippen molar-refractivity contribution in [2.75, 3.05) is 5.75 Å². The third kappa shape index (κ3) is 3.23. The van der Waals surface area contributed by atoms with Crippen molar-refractivity contribution in [2.45, 2.75) is 43.9 Å². The molecule has 90 valence electrons. The fraction of sp³-hybridized carbons (Fsp3) is 0.571. The predicted molar refractivity (Wildman–Crippen MR) is 71.0 cm³/mol. The molecule has 0 unspecified atom stereocenters. The van der Waals surface area contributed by atoms with Gasteiger partial charge >= 0.3 is 0 Å². The summed E-state index contributed by atoms with van der Waals surface area (Å²) in [6.07, 6.45) is 8.11. The van der Waals surface area contributed by atoms with Crippen molar-refractivity contribution in [2.24, 2.45) is 5.92 Å². The molecule has 17 heavy (non-hydrogen) atoms. The zero-order valence-corrected chi connectivity index (χ0v) is 11.1. The van der Waals surface area contributed by atoms with Gasteiger partial charge < -0.3 is 0 Å². The number of aromatic nitrogens is 1. The summed E-state index contributed by atoms with van der Waals surface area (Å²) in [6.45, 7) is 2.17. The molecule has 0 aliphatic heterocycles. The van der Waals surface area contributed by atoms with E-state index in [0.717, 1.165) is 29.4 Å². The van der Waals surface area contributed by atoms with Crippen LogP contribution in [0.4, 0.5) is 0 Å². The molecule has 1 fully saturated rings. The van der Waals surface area contributed by atoms with Gasteiger partial charge in [0.05, 0.1) is 0 Å². The Morgan fingerprint density at radius 2 is 2.35 bits per heavy atom. The second-order valence-corrected chi connectivity index (χ2v) is 5.72. The van der Waals surface area contributed by atoms with Crippen LogP contribution in [-0.4, -0.2) is 10.7 Å². The molecular weight excluding hydrogens is 228 g/mol. The Balaban J connectivity index is 2.05. The highest BCUT2D eigenvalue weighted by molar-refractivity contribution is 7.99. The fourth-order valence-electron chi connectivity index (χ4n) is 1.97. The second kappa shape index (κ2) is 6.07. The number of aryl methyl sites for hydroxylation is 1. The molecule has 0 saturated heterocycles. The Morgan fingerprint density at radius 3 is 2.94 bits per heavy atom. The highest BCUT2D eigenvalue weighted by atomic mass is 32.2. The van der Waals surface area contributed by atoms with Crippen molar-refractivity contribution < 1.29 is 0 Å². The third-order valence-electron chi connectivity index (χ3n) is 3.25. The summed E-state index contributed by atoms with van der Waals surface area (Å²) in [6, 6.07) is 4.34. The Labute approximate surface area is 107 Å². The van der Waals surface area contributed by atoms with Crippen LogP contribution in [0.2, 0.25) is 0 Å². The number of hydrogen-bond donors (Lipinski definition) is 0. The van der Waals surface area contributed by atoms with Crippen molar-refractivity contribution in [3.8, 4) is 6.07 Å². The summed E-state index contributed by atoms with van der Waals surface area (Å²) in [5, 5.41) is 9.05. The van der Waals surface area contributed by atoms with E-state index >= 15 is 0 Å².